The Labute approximate surface area is 136 Å². The predicted octanol–water partition coefficient (Wildman–Crippen LogP) is 4.53. The molecule has 4 nitrogen and oxygen atoms in total. The van der Waals surface area contributed by atoms with Crippen LogP contribution in [0.15, 0.2) is 48.5 Å². The average Bonchev–Trinajstić information content (AvgIpc) is 2.51. The second kappa shape index (κ2) is 5.83. The van der Waals surface area contributed by atoms with Crippen molar-refractivity contribution in [3.05, 3.63) is 58.8 Å². The Bertz CT molecular complexity index is 748. The number of nitrogens with zero attached hydrogens (tertiary/aromatic N) is 2. The van der Waals surface area contributed by atoms with Gasteiger partial charge in [0.15, 0.2) is 10.3 Å². The Hall–Kier alpha value is -2.30. The van der Waals surface area contributed by atoms with Crippen LogP contribution < -0.4 is 0 Å². The molecule has 3 aromatic rings. The first-order valence-electron chi connectivity index (χ1n) is 6.36. The van der Waals surface area contributed by atoms with Gasteiger partial charge in [-0.1, -0.05) is 23.2 Å². The van der Waals surface area contributed by atoms with Crippen LogP contribution in [0.4, 0.5) is 0 Å². The Balaban J connectivity index is 2.08. The van der Waals surface area contributed by atoms with Gasteiger partial charge >= 0.3 is 0 Å². The summed E-state index contributed by atoms with van der Waals surface area (Å²) in [5.41, 5.74) is 2.28. The van der Waals surface area contributed by atoms with Crippen LogP contribution in [-0.4, -0.2) is 20.2 Å². The average molecular weight is 333 g/mol. The highest BCUT2D eigenvalue weighted by atomic mass is 35.5. The van der Waals surface area contributed by atoms with E-state index in [1.165, 1.54) is 24.3 Å². The fraction of sp³-hybridized carbons (Fsp3) is 0. The number of aromatic nitrogens is 2. The number of hydrogen-bond acceptors (Lipinski definition) is 4. The lowest BCUT2D eigenvalue weighted by Gasteiger charge is -2.08. The van der Waals surface area contributed by atoms with E-state index in [1.54, 1.807) is 24.3 Å². The Morgan fingerprint density at radius 3 is 1.23 bits per heavy atom. The first kappa shape index (κ1) is 14.6. The van der Waals surface area contributed by atoms with Crippen LogP contribution in [0, 0.1) is 0 Å². The van der Waals surface area contributed by atoms with Crippen LogP contribution in [0.1, 0.15) is 0 Å². The van der Waals surface area contributed by atoms with Gasteiger partial charge in [0.05, 0.1) is 0 Å². The monoisotopic (exact) mass is 332 g/mol. The standard InChI is InChI=1S/C16H10Cl2N2O2/c17-15-13(9-1-5-11(21)6-2-9)19-16(18)14(20-15)10-3-7-12(22)8-4-10/h1-8,21-22H. The summed E-state index contributed by atoms with van der Waals surface area (Å²) in [7, 11) is 0. The molecule has 0 spiro atoms. The highest BCUT2D eigenvalue weighted by molar-refractivity contribution is 6.34. The van der Waals surface area contributed by atoms with E-state index in [4.69, 9.17) is 23.2 Å². The lowest BCUT2D eigenvalue weighted by Crippen LogP contribution is -1.94. The normalized spacial score (nSPS) is 10.6. The Morgan fingerprint density at radius 1 is 0.591 bits per heavy atom. The van der Waals surface area contributed by atoms with Gasteiger partial charge in [-0.25, -0.2) is 9.97 Å². The molecule has 0 fully saturated rings. The predicted molar refractivity (Wildman–Crippen MR) is 86.3 cm³/mol. The number of halogens is 2. The molecule has 1 aromatic heterocycles. The molecule has 0 radical (unpaired) electrons. The van der Waals surface area contributed by atoms with E-state index in [2.05, 4.69) is 9.97 Å². The first-order chi connectivity index (χ1) is 10.5. The first-order valence-corrected chi connectivity index (χ1v) is 7.12. The largest absolute Gasteiger partial charge is 0.508 e. The van der Waals surface area contributed by atoms with E-state index < -0.39 is 0 Å². The molecular formula is C16H10Cl2N2O2. The lowest BCUT2D eigenvalue weighted by molar-refractivity contribution is 0.475. The van der Waals surface area contributed by atoms with Crippen molar-refractivity contribution in [2.24, 2.45) is 0 Å². The van der Waals surface area contributed by atoms with Crippen LogP contribution in [-0.2, 0) is 0 Å². The molecule has 0 aliphatic rings. The Kier molecular flexibility index (Phi) is 3.88. The number of benzene rings is 2. The third-order valence-electron chi connectivity index (χ3n) is 3.09. The fourth-order valence-corrected chi connectivity index (χ4v) is 2.47. The zero-order chi connectivity index (χ0) is 15.7. The lowest BCUT2D eigenvalue weighted by atomic mass is 10.1. The summed E-state index contributed by atoms with van der Waals surface area (Å²) in [6.07, 6.45) is 0. The van der Waals surface area contributed by atoms with Crippen LogP contribution >= 0.6 is 23.2 Å². The molecule has 0 aliphatic heterocycles. The van der Waals surface area contributed by atoms with Gasteiger partial charge in [-0.05, 0) is 48.5 Å². The molecule has 0 bridgehead atoms. The van der Waals surface area contributed by atoms with Gasteiger partial charge in [-0.2, -0.15) is 0 Å². The van der Waals surface area contributed by atoms with E-state index in [0.717, 1.165) is 0 Å². The Morgan fingerprint density at radius 2 is 0.909 bits per heavy atom. The molecule has 0 saturated carbocycles. The summed E-state index contributed by atoms with van der Waals surface area (Å²) in [6.45, 7) is 0. The number of phenols is 2. The molecule has 0 unspecified atom stereocenters. The molecule has 110 valence electrons. The number of rotatable bonds is 2. The van der Waals surface area contributed by atoms with E-state index >= 15 is 0 Å². The maximum absolute atomic E-state index is 9.33. The van der Waals surface area contributed by atoms with E-state index in [0.29, 0.717) is 22.5 Å². The molecule has 22 heavy (non-hydrogen) atoms. The highest BCUT2D eigenvalue weighted by Crippen LogP contribution is 2.33. The van der Waals surface area contributed by atoms with Gasteiger partial charge in [0.25, 0.3) is 0 Å². The van der Waals surface area contributed by atoms with Crippen molar-refractivity contribution in [2.45, 2.75) is 0 Å². The number of phenolic OH excluding ortho intramolecular Hbond substituents is 2. The van der Waals surface area contributed by atoms with E-state index in [9.17, 15) is 10.2 Å². The van der Waals surface area contributed by atoms with Crippen molar-refractivity contribution in [1.82, 2.24) is 9.97 Å². The molecule has 1 heterocycles. The van der Waals surface area contributed by atoms with Gasteiger partial charge in [0.2, 0.25) is 0 Å². The van der Waals surface area contributed by atoms with Crippen molar-refractivity contribution >= 4 is 23.2 Å². The van der Waals surface area contributed by atoms with Crippen molar-refractivity contribution in [1.29, 1.82) is 0 Å². The van der Waals surface area contributed by atoms with Gasteiger partial charge in [0, 0.05) is 11.1 Å². The molecule has 2 aromatic carbocycles. The van der Waals surface area contributed by atoms with Crippen molar-refractivity contribution < 1.29 is 10.2 Å². The summed E-state index contributed by atoms with van der Waals surface area (Å²) >= 11 is 12.4. The molecule has 0 aliphatic carbocycles. The molecule has 0 saturated heterocycles. The second-order valence-electron chi connectivity index (χ2n) is 4.60. The smallest absolute Gasteiger partial charge is 0.156 e. The molecule has 3 rings (SSSR count). The van der Waals surface area contributed by atoms with Crippen LogP contribution in [0.2, 0.25) is 10.3 Å². The van der Waals surface area contributed by atoms with Crippen molar-refractivity contribution in [3.8, 4) is 34.0 Å². The van der Waals surface area contributed by atoms with Gasteiger partial charge in [-0.3, -0.25) is 0 Å². The third kappa shape index (κ3) is 2.84. The summed E-state index contributed by atoms with van der Waals surface area (Å²) in [6, 6.07) is 12.9. The highest BCUT2D eigenvalue weighted by Gasteiger charge is 2.14. The molecule has 2 N–H and O–H groups in total. The summed E-state index contributed by atoms with van der Waals surface area (Å²) in [4.78, 5) is 8.60. The van der Waals surface area contributed by atoms with E-state index in [-0.39, 0.29) is 21.8 Å². The number of aromatic hydroxyl groups is 2. The molecule has 0 atom stereocenters. The van der Waals surface area contributed by atoms with Gasteiger partial charge in [0.1, 0.15) is 22.9 Å². The van der Waals surface area contributed by atoms with Crippen molar-refractivity contribution in [3.63, 3.8) is 0 Å². The minimum absolute atomic E-state index is 0.152. The van der Waals surface area contributed by atoms with Crippen LogP contribution in [0.25, 0.3) is 22.5 Å². The minimum atomic E-state index is 0.152. The minimum Gasteiger partial charge on any atom is -0.508 e. The van der Waals surface area contributed by atoms with Crippen molar-refractivity contribution in [2.75, 3.05) is 0 Å². The SMILES string of the molecule is Oc1ccc(-c2nc(Cl)c(-c3ccc(O)cc3)nc2Cl)cc1. The second-order valence-corrected chi connectivity index (χ2v) is 5.31. The summed E-state index contributed by atoms with van der Waals surface area (Å²) in [5.74, 6) is 0.305. The van der Waals surface area contributed by atoms with Gasteiger partial charge < -0.3 is 10.2 Å². The maximum Gasteiger partial charge on any atom is 0.156 e. The van der Waals surface area contributed by atoms with Crippen LogP contribution in [0.5, 0.6) is 11.5 Å². The molecule has 0 amide bonds. The van der Waals surface area contributed by atoms with Crippen LogP contribution in [0.3, 0.4) is 0 Å². The molecular weight excluding hydrogens is 323 g/mol. The van der Waals surface area contributed by atoms with E-state index in [1.807, 2.05) is 0 Å². The van der Waals surface area contributed by atoms with Gasteiger partial charge in [-0.15, -0.1) is 0 Å². The third-order valence-corrected chi connectivity index (χ3v) is 3.62. The zero-order valence-corrected chi connectivity index (χ0v) is 12.7. The number of hydrogen-bond donors (Lipinski definition) is 2. The summed E-state index contributed by atoms with van der Waals surface area (Å²) in [5, 5.41) is 19.1. The maximum atomic E-state index is 9.33. The zero-order valence-electron chi connectivity index (χ0n) is 11.2. The molecule has 6 heteroatoms. The fourth-order valence-electron chi connectivity index (χ4n) is 2.00. The summed E-state index contributed by atoms with van der Waals surface area (Å²) < 4.78 is 0. The topological polar surface area (TPSA) is 66.2 Å². The quantitative estimate of drug-likeness (QED) is 0.723.